The molecule has 3 rings (SSSR count). The molecule has 1 atom stereocenters. The molecule has 0 unspecified atom stereocenters. The third kappa shape index (κ3) is 3.67. The van der Waals surface area contributed by atoms with E-state index in [1.54, 1.807) is 11.8 Å². The topological polar surface area (TPSA) is 49.0 Å². The molecule has 1 amide bonds. The fraction of sp³-hybridized carbons (Fsp3) is 0.412. The van der Waals surface area contributed by atoms with Crippen LogP contribution in [0.15, 0.2) is 24.4 Å². The predicted octanol–water partition coefficient (Wildman–Crippen LogP) is 3.90. The molecule has 1 fully saturated rings. The van der Waals surface area contributed by atoms with E-state index in [0.717, 1.165) is 6.20 Å². The lowest BCUT2D eigenvalue weighted by Gasteiger charge is -2.32. The first-order valence-corrected chi connectivity index (χ1v) is 7.93. The Bertz CT molecular complexity index is 784. The standard InChI is InChI=1S/C17H17F4N3O/c1-10-4-5-12(18)7-13(10)16(25)24-6-2-3-11(9-24)15-22-8-14(23-15)17(19,20)21/h4-5,7-8,11H,2-3,6,9H2,1H3,(H,22,23)/t11-/m1/s1. The molecule has 4 nitrogen and oxygen atoms in total. The normalized spacial score (nSPS) is 18.4. The number of benzene rings is 1. The molecule has 25 heavy (non-hydrogen) atoms. The molecule has 8 heteroatoms. The Labute approximate surface area is 141 Å². The van der Waals surface area contributed by atoms with Crippen LogP contribution >= 0.6 is 0 Å². The van der Waals surface area contributed by atoms with E-state index in [1.165, 1.54) is 18.2 Å². The molecule has 134 valence electrons. The largest absolute Gasteiger partial charge is 0.432 e. The van der Waals surface area contributed by atoms with Gasteiger partial charge >= 0.3 is 6.18 Å². The summed E-state index contributed by atoms with van der Waals surface area (Å²) in [5, 5.41) is 0. The maximum absolute atomic E-state index is 13.4. The van der Waals surface area contributed by atoms with Gasteiger partial charge in [0, 0.05) is 24.6 Å². The lowest BCUT2D eigenvalue weighted by atomic mass is 9.96. The molecular weight excluding hydrogens is 338 g/mol. The van der Waals surface area contributed by atoms with Gasteiger partial charge in [-0.3, -0.25) is 4.79 Å². The Kier molecular flexibility index (Phi) is 4.53. The minimum atomic E-state index is -4.48. The van der Waals surface area contributed by atoms with Crippen LogP contribution in [0, 0.1) is 12.7 Å². The Hall–Kier alpha value is -2.38. The van der Waals surface area contributed by atoms with Crippen LogP contribution in [-0.4, -0.2) is 33.9 Å². The van der Waals surface area contributed by atoms with Gasteiger partial charge in [-0.25, -0.2) is 9.37 Å². The van der Waals surface area contributed by atoms with E-state index in [4.69, 9.17) is 0 Å². The fourth-order valence-corrected chi connectivity index (χ4v) is 3.07. The minimum absolute atomic E-state index is 0.223. The molecule has 0 spiro atoms. The minimum Gasteiger partial charge on any atom is -0.338 e. The van der Waals surface area contributed by atoms with Crippen molar-refractivity contribution in [2.75, 3.05) is 13.1 Å². The summed E-state index contributed by atoms with van der Waals surface area (Å²) >= 11 is 0. The smallest absolute Gasteiger partial charge is 0.338 e. The molecular formula is C17H17F4N3O. The molecule has 1 aliphatic rings. The van der Waals surface area contributed by atoms with Crippen molar-refractivity contribution in [1.29, 1.82) is 0 Å². The van der Waals surface area contributed by atoms with Gasteiger partial charge in [0.05, 0.1) is 6.20 Å². The van der Waals surface area contributed by atoms with Crippen molar-refractivity contribution < 1.29 is 22.4 Å². The zero-order chi connectivity index (χ0) is 18.2. The number of carbonyl (C=O) groups excluding carboxylic acids is 1. The van der Waals surface area contributed by atoms with E-state index in [2.05, 4.69) is 9.97 Å². The van der Waals surface area contributed by atoms with Crippen LogP contribution in [0.4, 0.5) is 17.6 Å². The second-order valence-corrected chi connectivity index (χ2v) is 6.23. The molecule has 0 radical (unpaired) electrons. The van der Waals surface area contributed by atoms with E-state index in [-0.39, 0.29) is 29.8 Å². The lowest BCUT2D eigenvalue weighted by Crippen LogP contribution is -2.39. The molecule has 0 aliphatic carbocycles. The highest BCUT2D eigenvalue weighted by atomic mass is 19.4. The van der Waals surface area contributed by atoms with Crippen LogP contribution in [0.1, 0.15) is 46.2 Å². The van der Waals surface area contributed by atoms with Crippen LogP contribution in [0.25, 0.3) is 0 Å². The number of alkyl halides is 3. The summed E-state index contributed by atoms with van der Waals surface area (Å²) in [4.78, 5) is 20.3. The number of halogens is 4. The first-order chi connectivity index (χ1) is 11.8. The summed E-state index contributed by atoms with van der Waals surface area (Å²) in [6, 6.07) is 4.01. The number of H-pyrrole nitrogens is 1. The second kappa shape index (κ2) is 6.50. The summed E-state index contributed by atoms with van der Waals surface area (Å²) < 4.78 is 51.6. The van der Waals surface area contributed by atoms with Gasteiger partial charge in [0.2, 0.25) is 0 Å². The maximum Gasteiger partial charge on any atom is 0.432 e. The van der Waals surface area contributed by atoms with E-state index in [0.29, 0.717) is 24.9 Å². The number of likely N-dealkylation sites (tertiary alicyclic amines) is 1. The zero-order valence-electron chi connectivity index (χ0n) is 13.5. The number of amides is 1. The van der Waals surface area contributed by atoms with Gasteiger partial charge in [-0.15, -0.1) is 0 Å². The summed E-state index contributed by atoms with van der Waals surface area (Å²) in [5.41, 5.74) is 0.0360. The first-order valence-electron chi connectivity index (χ1n) is 7.93. The highest BCUT2D eigenvalue weighted by Gasteiger charge is 2.35. The van der Waals surface area contributed by atoms with Crippen LogP contribution in [0.3, 0.4) is 0 Å². The van der Waals surface area contributed by atoms with Crippen molar-refractivity contribution in [2.24, 2.45) is 0 Å². The van der Waals surface area contributed by atoms with Crippen molar-refractivity contribution in [3.05, 3.63) is 52.9 Å². The molecule has 1 aromatic carbocycles. The van der Waals surface area contributed by atoms with Gasteiger partial charge in [-0.2, -0.15) is 13.2 Å². The fourth-order valence-electron chi connectivity index (χ4n) is 3.07. The van der Waals surface area contributed by atoms with Crippen LogP contribution in [0.5, 0.6) is 0 Å². The number of hydrogen-bond donors (Lipinski definition) is 1. The van der Waals surface area contributed by atoms with Gasteiger partial charge in [0.15, 0.2) is 0 Å². The van der Waals surface area contributed by atoms with Gasteiger partial charge in [0.25, 0.3) is 5.91 Å². The van der Waals surface area contributed by atoms with Crippen molar-refractivity contribution >= 4 is 5.91 Å². The quantitative estimate of drug-likeness (QED) is 0.831. The Morgan fingerprint density at radius 2 is 2.12 bits per heavy atom. The number of aromatic amines is 1. The van der Waals surface area contributed by atoms with Gasteiger partial charge in [-0.05, 0) is 37.5 Å². The molecule has 0 bridgehead atoms. The van der Waals surface area contributed by atoms with Gasteiger partial charge in [0.1, 0.15) is 17.3 Å². The van der Waals surface area contributed by atoms with Crippen molar-refractivity contribution in [1.82, 2.24) is 14.9 Å². The second-order valence-electron chi connectivity index (χ2n) is 6.23. The molecule has 1 saturated heterocycles. The van der Waals surface area contributed by atoms with Gasteiger partial charge < -0.3 is 9.88 Å². The monoisotopic (exact) mass is 355 g/mol. The Balaban J connectivity index is 1.78. The number of piperidine rings is 1. The molecule has 2 aromatic rings. The van der Waals surface area contributed by atoms with Crippen LogP contribution in [-0.2, 0) is 6.18 Å². The van der Waals surface area contributed by atoms with Crippen molar-refractivity contribution in [3.63, 3.8) is 0 Å². The number of aryl methyl sites for hydroxylation is 1. The predicted molar refractivity (Wildman–Crippen MR) is 82.6 cm³/mol. The number of hydrogen-bond acceptors (Lipinski definition) is 2. The Morgan fingerprint density at radius 3 is 2.80 bits per heavy atom. The maximum atomic E-state index is 13.4. The summed E-state index contributed by atoms with van der Waals surface area (Å²) in [6.45, 7) is 2.45. The number of aromatic nitrogens is 2. The number of nitrogens with zero attached hydrogens (tertiary/aromatic N) is 2. The zero-order valence-corrected chi connectivity index (χ0v) is 13.5. The summed E-state index contributed by atoms with van der Waals surface area (Å²) in [7, 11) is 0. The number of rotatable bonds is 2. The molecule has 2 heterocycles. The molecule has 1 aliphatic heterocycles. The number of carbonyl (C=O) groups is 1. The average Bonchev–Trinajstić information content (AvgIpc) is 3.07. The van der Waals surface area contributed by atoms with Gasteiger partial charge in [-0.1, -0.05) is 6.07 Å². The van der Waals surface area contributed by atoms with E-state index in [1.807, 2.05) is 0 Å². The van der Waals surface area contributed by atoms with Crippen molar-refractivity contribution in [2.45, 2.75) is 31.9 Å². The van der Waals surface area contributed by atoms with E-state index >= 15 is 0 Å². The number of imidazole rings is 1. The Morgan fingerprint density at radius 1 is 1.36 bits per heavy atom. The number of nitrogens with one attached hydrogen (secondary N) is 1. The molecule has 0 saturated carbocycles. The average molecular weight is 355 g/mol. The SMILES string of the molecule is Cc1ccc(F)cc1C(=O)N1CCC[C@@H](c2ncc(C(F)(F)F)[nH]2)C1. The van der Waals surface area contributed by atoms with E-state index < -0.39 is 17.7 Å². The highest BCUT2D eigenvalue weighted by molar-refractivity contribution is 5.95. The van der Waals surface area contributed by atoms with Crippen molar-refractivity contribution in [3.8, 4) is 0 Å². The highest BCUT2D eigenvalue weighted by Crippen LogP contribution is 2.31. The summed E-state index contributed by atoms with van der Waals surface area (Å²) in [6.07, 6.45) is -2.43. The third-order valence-electron chi connectivity index (χ3n) is 4.43. The molecule has 1 aromatic heterocycles. The van der Waals surface area contributed by atoms with E-state index in [9.17, 15) is 22.4 Å². The lowest BCUT2D eigenvalue weighted by molar-refractivity contribution is -0.141. The third-order valence-corrected chi connectivity index (χ3v) is 4.43. The van der Waals surface area contributed by atoms with Crippen LogP contribution in [0.2, 0.25) is 0 Å². The first kappa shape index (κ1) is 17.4. The summed E-state index contributed by atoms with van der Waals surface area (Å²) in [5.74, 6) is -0.892. The molecule has 1 N–H and O–H groups in total. The van der Waals surface area contributed by atoms with Crippen LogP contribution < -0.4 is 0 Å².